The lowest BCUT2D eigenvalue weighted by molar-refractivity contribution is 0.0462. The molecule has 2 nitrogen and oxygen atoms in total. The van der Waals surface area contributed by atoms with Gasteiger partial charge < -0.3 is 5.32 Å². The quantitative estimate of drug-likeness (QED) is 0.881. The molecule has 0 amide bonds. The van der Waals surface area contributed by atoms with Crippen molar-refractivity contribution in [3.8, 4) is 0 Å². The molecule has 0 spiro atoms. The van der Waals surface area contributed by atoms with E-state index < -0.39 is 0 Å². The maximum atomic E-state index is 3.87. The van der Waals surface area contributed by atoms with Crippen molar-refractivity contribution < 1.29 is 0 Å². The van der Waals surface area contributed by atoms with E-state index in [-0.39, 0.29) is 0 Å². The molecule has 21 heavy (non-hydrogen) atoms. The van der Waals surface area contributed by atoms with Gasteiger partial charge in [0.1, 0.15) is 0 Å². The number of piperazine rings is 1. The van der Waals surface area contributed by atoms with E-state index >= 15 is 0 Å². The molecule has 1 aliphatic heterocycles. The molecule has 1 N–H and O–H groups in total. The van der Waals surface area contributed by atoms with Crippen LogP contribution in [-0.2, 0) is 6.54 Å². The van der Waals surface area contributed by atoms with Gasteiger partial charge in [0.15, 0.2) is 0 Å². The summed E-state index contributed by atoms with van der Waals surface area (Å²) in [7, 11) is 0. The second-order valence-corrected chi connectivity index (χ2v) is 8.33. The largest absolute Gasteiger partial charge is 0.308 e. The monoisotopic (exact) mass is 350 g/mol. The Morgan fingerprint density at radius 3 is 2.76 bits per heavy atom. The van der Waals surface area contributed by atoms with Crippen LogP contribution >= 0.6 is 15.9 Å². The molecule has 1 aromatic rings. The standard InChI is InChI=1S/C18H27BrN2/c1-13(2)17-10-20-18(3,15-7-8-15)12-21(17)11-14-5-4-6-16(19)9-14/h4-6,9,13,15,17,20H,7-8,10-12H2,1-3H3. The molecule has 1 saturated heterocycles. The van der Waals surface area contributed by atoms with Crippen molar-refractivity contribution in [2.45, 2.75) is 51.7 Å². The van der Waals surface area contributed by atoms with Crippen LogP contribution in [0.3, 0.4) is 0 Å². The molecule has 2 unspecified atom stereocenters. The van der Waals surface area contributed by atoms with Gasteiger partial charge in [-0.05, 0) is 49.3 Å². The van der Waals surface area contributed by atoms with Crippen molar-refractivity contribution in [3.05, 3.63) is 34.3 Å². The average Bonchev–Trinajstić information content (AvgIpc) is 3.23. The highest BCUT2D eigenvalue weighted by atomic mass is 79.9. The predicted octanol–water partition coefficient (Wildman–Crippen LogP) is 4.05. The van der Waals surface area contributed by atoms with Gasteiger partial charge in [-0.2, -0.15) is 0 Å². The van der Waals surface area contributed by atoms with Gasteiger partial charge in [-0.15, -0.1) is 0 Å². The fraction of sp³-hybridized carbons (Fsp3) is 0.667. The van der Waals surface area contributed by atoms with Gasteiger partial charge >= 0.3 is 0 Å². The molecule has 116 valence electrons. The third kappa shape index (κ3) is 3.52. The lowest BCUT2D eigenvalue weighted by atomic mass is 9.88. The van der Waals surface area contributed by atoms with Crippen LogP contribution < -0.4 is 5.32 Å². The fourth-order valence-electron chi connectivity index (χ4n) is 3.76. The van der Waals surface area contributed by atoms with Gasteiger partial charge in [0.25, 0.3) is 0 Å². The summed E-state index contributed by atoms with van der Waals surface area (Å²) in [6.45, 7) is 10.5. The topological polar surface area (TPSA) is 15.3 Å². The molecule has 1 aliphatic carbocycles. The average molecular weight is 351 g/mol. The number of benzene rings is 1. The van der Waals surface area contributed by atoms with Gasteiger partial charge in [0, 0.05) is 35.7 Å². The molecule has 2 aliphatic rings. The van der Waals surface area contributed by atoms with Crippen LogP contribution in [0.5, 0.6) is 0 Å². The van der Waals surface area contributed by atoms with Gasteiger partial charge in [-0.25, -0.2) is 0 Å². The van der Waals surface area contributed by atoms with E-state index in [0.717, 1.165) is 19.0 Å². The van der Waals surface area contributed by atoms with Crippen molar-refractivity contribution in [2.75, 3.05) is 13.1 Å². The number of hydrogen-bond acceptors (Lipinski definition) is 2. The SMILES string of the molecule is CC(C)C1CNC(C)(C2CC2)CN1Cc1cccc(Br)c1. The van der Waals surface area contributed by atoms with Crippen molar-refractivity contribution in [1.29, 1.82) is 0 Å². The number of nitrogens with zero attached hydrogens (tertiary/aromatic N) is 1. The number of halogens is 1. The van der Waals surface area contributed by atoms with E-state index in [1.54, 1.807) is 0 Å². The molecule has 2 atom stereocenters. The maximum absolute atomic E-state index is 3.87. The zero-order chi connectivity index (χ0) is 15.0. The molecule has 3 rings (SSSR count). The summed E-state index contributed by atoms with van der Waals surface area (Å²) < 4.78 is 1.18. The highest BCUT2D eigenvalue weighted by Gasteiger charge is 2.46. The van der Waals surface area contributed by atoms with Crippen LogP contribution in [0.4, 0.5) is 0 Å². The van der Waals surface area contributed by atoms with E-state index in [2.05, 4.69) is 71.2 Å². The summed E-state index contributed by atoms with van der Waals surface area (Å²) >= 11 is 3.60. The van der Waals surface area contributed by atoms with E-state index in [1.165, 1.54) is 29.4 Å². The van der Waals surface area contributed by atoms with Crippen LogP contribution in [0.15, 0.2) is 28.7 Å². The summed E-state index contributed by atoms with van der Waals surface area (Å²) in [4.78, 5) is 2.71. The molecule has 0 bridgehead atoms. The van der Waals surface area contributed by atoms with E-state index in [9.17, 15) is 0 Å². The normalized spacial score (nSPS) is 30.8. The maximum Gasteiger partial charge on any atom is 0.0309 e. The minimum absolute atomic E-state index is 0.317. The minimum atomic E-state index is 0.317. The lowest BCUT2D eigenvalue weighted by Crippen LogP contribution is -2.64. The first-order valence-corrected chi connectivity index (χ1v) is 9.01. The first kappa shape index (κ1) is 15.5. The molecule has 0 radical (unpaired) electrons. The van der Waals surface area contributed by atoms with Gasteiger partial charge in [0.2, 0.25) is 0 Å². The zero-order valence-corrected chi connectivity index (χ0v) is 15.0. The van der Waals surface area contributed by atoms with E-state index in [1.807, 2.05) is 0 Å². The number of nitrogens with one attached hydrogen (secondary N) is 1. The van der Waals surface area contributed by atoms with Gasteiger partial charge in [-0.3, -0.25) is 4.90 Å². The summed E-state index contributed by atoms with van der Waals surface area (Å²) in [5.74, 6) is 1.57. The Balaban J connectivity index is 1.77. The van der Waals surface area contributed by atoms with Crippen LogP contribution in [-0.4, -0.2) is 29.6 Å². The van der Waals surface area contributed by atoms with Gasteiger partial charge in [-0.1, -0.05) is 41.9 Å². The fourth-order valence-corrected chi connectivity index (χ4v) is 4.20. The Bertz CT molecular complexity index is 498. The lowest BCUT2D eigenvalue weighted by Gasteiger charge is -2.48. The van der Waals surface area contributed by atoms with Crippen molar-refractivity contribution in [2.24, 2.45) is 11.8 Å². The zero-order valence-electron chi connectivity index (χ0n) is 13.4. The predicted molar refractivity (Wildman–Crippen MR) is 92.3 cm³/mol. The number of rotatable bonds is 4. The van der Waals surface area contributed by atoms with Crippen LogP contribution in [0.2, 0.25) is 0 Å². The summed E-state index contributed by atoms with van der Waals surface area (Å²) in [5.41, 5.74) is 1.73. The Morgan fingerprint density at radius 1 is 1.38 bits per heavy atom. The third-order valence-electron chi connectivity index (χ3n) is 5.24. The van der Waals surface area contributed by atoms with Crippen molar-refractivity contribution in [1.82, 2.24) is 10.2 Å². The van der Waals surface area contributed by atoms with Crippen LogP contribution in [0, 0.1) is 11.8 Å². The highest BCUT2D eigenvalue weighted by molar-refractivity contribution is 9.10. The third-order valence-corrected chi connectivity index (χ3v) is 5.73. The van der Waals surface area contributed by atoms with E-state index in [0.29, 0.717) is 17.5 Å². The second-order valence-electron chi connectivity index (χ2n) is 7.42. The minimum Gasteiger partial charge on any atom is -0.308 e. The molecule has 1 saturated carbocycles. The van der Waals surface area contributed by atoms with E-state index in [4.69, 9.17) is 0 Å². The Kier molecular flexibility index (Phi) is 4.45. The molecule has 2 fully saturated rings. The Labute approximate surface area is 137 Å². The Morgan fingerprint density at radius 2 is 2.14 bits per heavy atom. The highest BCUT2D eigenvalue weighted by Crippen LogP contribution is 2.42. The van der Waals surface area contributed by atoms with Crippen molar-refractivity contribution in [3.63, 3.8) is 0 Å². The molecule has 3 heteroatoms. The van der Waals surface area contributed by atoms with Crippen molar-refractivity contribution >= 4 is 15.9 Å². The summed E-state index contributed by atoms with van der Waals surface area (Å²) in [5, 5.41) is 3.87. The molecule has 1 aromatic carbocycles. The molecule has 1 heterocycles. The first-order chi connectivity index (χ1) is 9.98. The second kappa shape index (κ2) is 6.02. The molecular formula is C18H27BrN2. The van der Waals surface area contributed by atoms with Crippen LogP contribution in [0.1, 0.15) is 39.2 Å². The van der Waals surface area contributed by atoms with Gasteiger partial charge in [0.05, 0.1) is 0 Å². The molecule has 0 aromatic heterocycles. The first-order valence-electron chi connectivity index (χ1n) is 8.21. The molecular weight excluding hydrogens is 324 g/mol. The Hall–Kier alpha value is -0.380. The van der Waals surface area contributed by atoms with Crippen LogP contribution in [0.25, 0.3) is 0 Å². The smallest absolute Gasteiger partial charge is 0.0309 e. The summed E-state index contributed by atoms with van der Waals surface area (Å²) in [6, 6.07) is 9.39. The number of hydrogen-bond donors (Lipinski definition) is 1. The summed E-state index contributed by atoms with van der Waals surface area (Å²) in [6.07, 6.45) is 2.81.